The maximum Gasteiger partial charge on any atom is 0.419 e. The highest BCUT2D eigenvalue weighted by molar-refractivity contribution is 7.97. The summed E-state index contributed by atoms with van der Waals surface area (Å²) in [5.74, 6) is 3.86. The summed E-state index contributed by atoms with van der Waals surface area (Å²) in [5.41, 5.74) is -0.0244. The van der Waals surface area contributed by atoms with Gasteiger partial charge in [-0.1, -0.05) is 12.8 Å². The number of nitrogens with zero attached hydrogens (tertiary/aromatic N) is 4. The third-order valence-electron chi connectivity index (χ3n) is 8.11. The fraction of sp³-hybridized carbons (Fsp3) is 0.571. The van der Waals surface area contributed by atoms with E-state index in [4.69, 9.17) is 4.74 Å². The Morgan fingerprint density at radius 3 is 2.61 bits per heavy atom. The lowest BCUT2D eigenvalue weighted by molar-refractivity contribution is -0.138. The normalized spacial score (nSPS) is 23.3. The van der Waals surface area contributed by atoms with Crippen molar-refractivity contribution in [2.75, 3.05) is 44.6 Å². The van der Waals surface area contributed by atoms with E-state index in [-0.39, 0.29) is 42.0 Å². The van der Waals surface area contributed by atoms with Crippen LogP contribution in [-0.4, -0.2) is 81.2 Å². The van der Waals surface area contributed by atoms with Crippen LogP contribution in [0.1, 0.15) is 49.8 Å². The second-order valence-corrected chi connectivity index (χ2v) is 13.5. The monoisotopic (exact) mass is 596 g/mol. The summed E-state index contributed by atoms with van der Waals surface area (Å²) in [6.45, 7) is 0.867. The van der Waals surface area contributed by atoms with Crippen molar-refractivity contribution < 1.29 is 26.9 Å². The van der Waals surface area contributed by atoms with E-state index in [2.05, 4.69) is 26.5 Å². The Labute approximate surface area is 240 Å². The Kier molecular flexibility index (Phi) is 9.49. The first-order valence-corrected chi connectivity index (χ1v) is 15.8. The Bertz CT molecular complexity index is 1350. The molecule has 1 saturated heterocycles. The molecular weight excluding hydrogens is 557 g/mol. The van der Waals surface area contributed by atoms with Crippen molar-refractivity contribution in [1.29, 1.82) is 0 Å². The molecule has 0 spiro atoms. The summed E-state index contributed by atoms with van der Waals surface area (Å²) in [7, 11) is 2.58. The molecule has 2 aromatic rings. The Morgan fingerprint density at radius 1 is 1.24 bits per heavy atom. The molecule has 1 amide bonds. The molecule has 4 atom stereocenters. The number of carbonyl (C=O) groups excluding carboxylic acids is 1. The summed E-state index contributed by atoms with van der Waals surface area (Å²) in [5, 5.41) is 5.89. The number of benzene rings is 1. The zero-order valence-electron chi connectivity index (χ0n) is 24.0. The van der Waals surface area contributed by atoms with E-state index in [1.54, 1.807) is 35.8 Å². The first-order chi connectivity index (χ1) is 19.3. The number of nitrogens with one attached hydrogen (secondary N) is 2. The van der Waals surface area contributed by atoms with Gasteiger partial charge in [0.1, 0.15) is 5.75 Å². The van der Waals surface area contributed by atoms with Gasteiger partial charge in [-0.25, -0.2) is 14.3 Å². The number of anilines is 3. The quantitative estimate of drug-likeness (QED) is 0.409. The average Bonchev–Trinajstić information content (AvgIpc) is 3.34. The van der Waals surface area contributed by atoms with E-state index in [0.717, 1.165) is 44.8 Å². The van der Waals surface area contributed by atoms with Gasteiger partial charge in [0.2, 0.25) is 11.9 Å². The minimum atomic E-state index is -4.63. The van der Waals surface area contributed by atoms with Crippen molar-refractivity contribution in [3.8, 4) is 5.75 Å². The van der Waals surface area contributed by atoms with Crippen LogP contribution in [-0.2, 0) is 27.1 Å². The molecule has 13 heteroatoms. The van der Waals surface area contributed by atoms with Crippen LogP contribution in [0.4, 0.5) is 30.5 Å². The van der Waals surface area contributed by atoms with Crippen molar-refractivity contribution in [2.45, 2.75) is 63.2 Å². The van der Waals surface area contributed by atoms with Gasteiger partial charge in [0.15, 0.2) is 0 Å². The van der Waals surface area contributed by atoms with Crippen LogP contribution in [0, 0.1) is 5.92 Å². The zero-order chi connectivity index (χ0) is 29.9. The third kappa shape index (κ3) is 7.49. The lowest BCUT2D eigenvalue weighted by Crippen LogP contribution is -2.43. The molecule has 2 N–H and O–H groups in total. The highest BCUT2D eigenvalue weighted by atomic mass is 32.2. The zero-order valence-corrected chi connectivity index (χ0v) is 24.8. The number of methoxy groups -OCH3 is 1. The third-order valence-corrected chi connectivity index (χ3v) is 9.60. The average molecular weight is 597 g/mol. The second kappa shape index (κ2) is 12.5. The number of carbonyl (C=O) groups is 1. The topological polar surface area (TPSA) is 99.7 Å². The molecule has 0 radical (unpaired) electrons. The van der Waals surface area contributed by atoms with E-state index in [1.165, 1.54) is 7.11 Å². The predicted molar refractivity (Wildman–Crippen MR) is 156 cm³/mol. The van der Waals surface area contributed by atoms with Crippen LogP contribution in [0.15, 0.2) is 24.4 Å². The van der Waals surface area contributed by atoms with Crippen LogP contribution in [0.2, 0.25) is 0 Å². The number of hydrogen-bond acceptors (Lipinski definition) is 7. The highest BCUT2D eigenvalue weighted by Gasteiger charge is 2.38. The first kappa shape index (κ1) is 31.0. The highest BCUT2D eigenvalue weighted by Crippen LogP contribution is 2.37. The van der Waals surface area contributed by atoms with Crippen molar-refractivity contribution in [2.24, 2.45) is 5.92 Å². The fourth-order valence-electron chi connectivity index (χ4n) is 5.77. The van der Waals surface area contributed by atoms with Crippen LogP contribution in [0.3, 0.4) is 0 Å². The van der Waals surface area contributed by atoms with E-state index < -0.39 is 21.4 Å². The number of alkyl halides is 3. The van der Waals surface area contributed by atoms with Gasteiger partial charge in [0, 0.05) is 40.0 Å². The molecule has 41 heavy (non-hydrogen) atoms. The minimum absolute atomic E-state index is 0.00664. The van der Waals surface area contributed by atoms with Crippen molar-refractivity contribution >= 4 is 38.8 Å². The number of ether oxygens (including phenoxy) is 1. The molecule has 1 aliphatic carbocycles. The van der Waals surface area contributed by atoms with Gasteiger partial charge in [-0.05, 0) is 76.7 Å². The lowest BCUT2D eigenvalue weighted by Gasteiger charge is -2.38. The largest absolute Gasteiger partial charge is 0.494 e. The first-order valence-electron chi connectivity index (χ1n) is 13.7. The number of likely N-dealkylation sites (N-methyl/N-ethyl adjacent to an activating group) is 1. The van der Waals surface area contributed by atoms with Gasteiger partial charge in [0.05, 0.1) is 30.1 Å². The summed E-state index contributed by atoms with van der Waals surface area (Å²) < 4.78 is 61.8. The van der Waals surface area contributed by atoms with Gasteiger partial charge in [-0.2, -0.15) is 13.2 Å². The second-order valence-electron chi connectivity index (χ2n) is 11.0. The summed E-state index contributed by atoms with van der Waals surface area (Å²) in [4.78, 5) is 23.0. The van der Waals surface area contributed by atoms with Crippen LogP contribution in [0.25, 0.3) is 0 Å². The van der Waals surface area contributed by atoms with Gasteiger partial charge in [-0.15, -0.1) is 0 Å². The Balaban J connectivity index is 1.57. The van der Waals surface area contributed by atoms with E-state index in [1.807, 2.05) is 11.9 Å². The summed E-state index contributed by atoms with van der Waals surface area (Å²) in [6.07, 6.45) is 2.76. The standard InChI is InChI=1S/C28H39F3N6O3S/c1-36-14-8-11-24(36)26(38)33-19-12-13-21(25(16-19)40-3)34-27-32-17-20(28(29,30)31)22(35-27)15-18-9-6-7-10-23(18)37(2)41(4,5)39/h12-13,16-18,23-24H,4,6-11,14-15H2,1-3,5H3,(H,33,38)(H,32,34,35)/t18-,23+,24+,41?/m0/s1. The maximum absolute atomic E-state index is 14.0. The van der Waals surface area contributed by atoms with Crippen molar-refractivity contribution in [3.63, 3.8) is 0 Å². The summed E-state index contributed by atoms with van der Waals surface area (Å²) >= 11 is 0. The van der Waals surface area contributed by atoms with Crippen LogP contribution < -0.4 is 15.4 Å². The molecule has 1 aliphatic heterocycles. The van der Waals surface area contributed by atoms with Gasteiger partial charge in [-0.3, -0.25) is 13.9 Å². The smallest absolute Gasteiger partial charge is 0.419 e. The number of likely N-dealkylation sites (tertiary alicyclic amines) is 1. The number of amides is 1. The number of rotatable bonds is 9. The fourth-order valence-corrected chi connectivity index (χ4v) is 6.62. The molecule has 1 aromatic carbocycles. The van der Waals surface area contributed by atoms with Crippen LogP contribution >= 0.6 is 0 Å². The molecule has 1 saturated carbocycles. The number of hydrogen-bond donors (Lipinski definition) is 2. The maximum atomic E-state index is 14.0. The Morgan fingerprint density at radius 2 is 1.98 bits per heavy atom. The minimum Gasteiger partial charge on any atom is -0.494 e. The molecule has 1 aromatic heterocycles. The molecule has 2 fully saturated rings. The molecule has 2 heterocycles. The van der Waals surface area contributed by atoms with Crippen molar-refractivity contribution in [3.05, 3.63) is 35.7 Å². The molecule has 1 unspecified atom stereocenters. The van der Waals surface area contributed by atoms with E-state index >= 15 is 0 Å². The molecule has 0 bridgehead atoms. The Hall–Kier alpha value is -2.90. The van der Waals surface area contributed by atoms with Gasteiger partial charge < -0.3 is 15.4 Å². The number of halogens is 3. The lowest BCUT2D eigenvalue weighted by atomic mass is 9.81. The SMILES string of the molecule is C=S(C)(=O)N(C)[C@@H]1CCCC[C@H]1Cc1nc(Nc2ccc(NC(=O)[C@H]3CCCN3C)cc2OC)ncc1C(F)(F)F. The molecule has 4 rings (SSSR count). The van der Waals surface area contributed by atoms with Crippen LogP contribution in [0.5, 0.6) is 5.75 Å². The molecular formula is C28H39F3N6O3S. The van der Waals surface area contributed by atoms with Gasteiger partial charge >= 0.3 is 6.18 Å². The predicted octanol–water partition coefficient (Wildman–Crippen LogP) is 4.57. The van der Waals surface area contributed by atoms with Crippen molar-refractivity contribution in [1.82, 2.24) is 19.2 Å². The molecule has 226 valence electrons. The van der Waals surface area contributed by atoms with E-state index in [0.29, 0.717) is 23.5 Å². The molecule has 9 nitrogen and oxygen atoms in total. The van der Waals surface area contributed by atoms with E-state index in [9.17, 15) is 22.2 Å². The number of aromatic nitrogens is 2. The van der Waals surface area contributed by atoms with Gasteiger partial charge in [0.25, 0.3) is 0 Å². The molecule has 2 aliphatic rings. The summed E-state index contributed by atoms with van der Waals surface area (Å²) in [6, 6.07) is 4.62.